The highest BCUT2D eigenvalue weighted by molar-refractivity contribution is 5.31. The molecule has 0 aromatic carbocycles. The molecule has 0 bridgehead atoms. The quantitative estimate of drug-likeness (QED) is 0.538. The van der Waals surface area contributed by atoms with Gasteiger partial charge in [0, 0.05) is 0 Å². The second-order valence-electron chi connectivity index (χ2n) is 7.29. The molecule has 82 valence electrons. The van der Waals surface area contributed by atoms with Crippen molar-refractivity contribution < 1.29 is 0 Å². The molecule has 2 aliphatic rings. The van der Waals surface area contributed by atoms with Gasteiger partial charge in [-0.3, -0.25) is 0 Å². The van der Waals surface area contributed by atoms with Crippen molar-refractivity contribution in [3.8, 4) is 0 Å². The lowest BCUT2D eigenvalue weighted by atomic mass is 9.15. The molecular weight excluding hydrogens is 168 g/mol. The predicted octanol–water partition coefficient (Wildman–Crippen LogP) is 4.35. The van der Waals surface area contributed by atoms with E-state index in [4.69, 9.17) is 0 Å². The van der Waals surface area contributed by atoms with Gasteiger partial charge < -0.3 is 0 Å². The van der Waals surface area contributed by atoms with Crippen LogP contribution < -0.4 is 0 Å². The average molecular weight is 194 g/mol. The Labute approximate surface area is 89.5 Å². The Morgan fingerprint density at radius 1 is 0.643 bits per heavy atom. The van der Waals surface area contributed by atoms with Crippen LogP contribution in [0.5, 0.6) is 0 Å². The molecular formula is C14H26. The first-order chi connectivity index (χ1) is 6.06. The van der Waals surface area contributed by atoms with E-state index in [9.17, 15) is 0 Å². The van der Waals surface area contributed by atoms with Crippen LogP contribution in [-0.4, -0.2) is 0 Å². The summed E-state index contributed by atoms with van der Waals surface area (Å²) < 4.78 is 0. The molecule has 0 N–H and O–H groups in total. The second kappa shape index (κ2) is 2.08. The zero-order chi connectivity index (χ0) is 11.2. The Morgan fingerprint density at radius 2 is 0.929 bits per heavy atom. The molecule has 0 radical (unpaired) electrons. The van der Waals surface area contributed by atoms with Crippen LogP contribution in [0, 0.1) is 33.5 Å². The van der Waals surface area contributed by atoms with E-state index in [0.717, 1.165) is 11.8 Å². The summed E-state index contributed by atoms with van der Waals surface area (Å²) >= 11 is 0. The van der Waals surface area contributed by atoms with Crippen LogP contribution in [-0.2, 0) is 0 Å². The molecule has 2 aliphatic carbocycles. The largest absolute Gasteiger partial charge is 0.0614 e. The van der Waals surface area contributed by atoms with Crippen molar-refractivity contribution in [1.29, 1.82) is 0 Å². The summed E-state index contributed by atoms with van der Waals surface area (Å²) in [7, 11) is 0. The lowest BCUT2D eigenvalue weighted by Crippen LogP contribution is -2.84. The van der Waals surface area contributed by atoms with E-state index in [1.807, 2.05) is 0 Å². The molecule has 0 amide bonds. The number of hydrogen-bond donors (Lipinski definition) is 0. The van der Waals surface area contributed by atoms with Crippen LogP contribution >= 0.6 is 0 Å². The Balaban J connectivity index is 2.50. The summed E-state index contributed by atoms with van der Waals surface area (Å²) in [5.74, 6) is 1.73. The Hall–Kier alpha value is 0. The van der Waals surface area contributed by atoms with Gasteiger partial charge >= 0.3 is 0 Å². The second-order valence-corrected chi connectivity index (χ2v) is 7.29. The molecule has 2 fully saturated rings. The van der Waals surface area contributed by atoms with Crippen LogP contribution in [0.3, 0.4) is 0 Å². The van der Waals surface area contributed by atoms with Gasteiger partial charge in [-0.1, -0.05) is 55.4 Å². The molecule has 0 heteroatoms. The van der Waals surface area contributed by atoms with Gasteiger partial charge in [-0.15, -0.1) is 0 Å². The van der Waals surface area contributed by atoms with Gasteiger partial charge in [0.1, 0.15) is 0 Å². The minimum absolute atomic E-state index is 0.512. The molecule has 0 aromatic rings. The molecule has 0 aromatic heterocycles. The first-order valence-electron chi connectivity index (χ1n) is 6.06. The summed E-state index contributed by atoms with van der Waals surface area (Å²) in [5.41, 5.74) is 2.14. The average Bonchev–Trinajstić information content (AvgIpc) is 2.11. The highest BCUT2D eigenvalue weighted by Gasteiger charge is 2.84. The molecule has 2 rings (SSSR count). The van der Waals surface area contributed by atoms with Crippen LogP contribution in [0.4, 0.5) is 0 Å². The maximum atomic E-state index is 2.52. The molecule has 0 nitrogen and oxygen atoms in total. The minimum Gasteiger partial charge on any atom is -0.0614 e. The third-order valence-corrected chi connectivity index (χ3v) is 7.62. The zero-order valence-electron chi connectivity index (χ0n) is 11.2. The topological polar surface area (TPSA) is 0 Å². The number of fused-ring (bicyclic) bond motifs is 1. The predicted molar refractivity (Wildman–Crippen MR) is 62.1 cm³/mol. The standard InChI is InChI=1S/C14H26/c1-9-11(3,4)14(8)12(5,6)10(2)13(9,14)7/h9-10H,1-8H3. The van der Waals surface area contributed by atoms with Crippen LogP contribution in [0.15, 0.2) is 0 Å². The van der Waals surface area contributed by atoms with E-state index in [0.29, 0.717) is 21.7 Å². The van der Waals surface area contributed by atoms with Crippen molar-refractivity contribution in [3.05, 3.63) is 0 Å². The zero-order valence-corrected chi connectivity index (χ0v) is 11.2. The molecule has 2 atom stereocenters. The number of hydrogen-bond acceptors (Lipinski definition) is 0. The van der Waals surface area contributed by atoms with Gasteiger partial charge in [0.25, 0.3) is 0 Å². The van der Waals surface area contributed by atoms with Gasteiger partial charge in [-0.05, 0) is 33.5 Å². The molecule has 2 unspecified atom stereocenters. The van der Waals surface area contributed by atoms with Gasteiger partial charge in [-0.2, -0.15) is 0 Å². The summed E-state index contributed by atoms with van der Waals surface area (Å²) in [6, 6.07) is 0. The Bertz CT molecular complexity index is 260. The monoisotopic (exact) mass is 194 g/mol. The van der Waals surface area contributed by atoms with Gasteiger partial charge in [0.05, 0.1) is 0 Å². The molecule has 0 heterocycles. The first-order valence-corrected chi connectivity index (χ1v) is 6.06. The van der Waals surface area contributed by atoms with Crippen molar-refractivity contribution in [1.82, 2.24) is 0 Å². The molecule has 2 saturated carbocycles. The summed E-state index contributed by atoms with van der Waals surface area (Å²) in [6.45, 7) is 19.8. The van der Waals surface area contributed by atoms with Gasteiger partial charge in [0.2, 0.25) is 0 Å². The van der Waals surface area contributed by atoms with Crippen molar-refractivity contribution in [3.63, 3.8) is 0 Å². The smallest absolute Gasteiger partial charge is 0.0159 e. The fourth-order valence-electron chi connectivity index (χ4n) is 5.67. The highest BCUT2D eigenvalue weighted by Crippen LogP contribution is 2.89. The fourth-order valence-corrected chi connectivity index (χ4v) is 5.67. The van der Waals surface area contributed by atoms with E-state index >= 15 is 0 Å². The minimum atomic E-state index is 0.512. The molecule has 14 heavy (non-hydrogen) atoms. The number of rotatable bonds is 0. The van der Waals surface area contributed by atoms with Gasteiger partial charge in [0.15, 0.2) is 0 Å². The van der Waals surface area contributed by atoms with E-state index < -0.39 is 0 Å². The maximum absolute atomic E-state index is 2.52. The van der Waals surface area contributed by atoms with Crippen LogP contribution in [0.2, 0.25) is 0 Å². The SMILES string of the molecule is CC1C(C)(C)C2(C)C(C)(C)C(C)C12C. The molecule has 0 saturated heterocycles. The third-order valence-electron chi connectivity index (χ3n) is 7.62. The van der Waals surface area contributed by atoms with Crippen molar-refractivity contribution >= 4 is 0 Å². The molecule has 0 spiro atoms. The van der Waals surface area contributed by atoms with Crippen molar-refractivity contribution in [2.75, 3.05) is 0 Å². The normalized spacial score (nSPS) is 58.3. The van der Waals surface area contributed by atoms with E-state index in [1.165, 1.54) is 0 Å². The Kier molecular flexibility index (Phi) is 1.56. The lowest BCUT2D eigenvalue weighted by molar-refractivity contribution is -0.416. The van der Waals surface area contributed by atoms with E-state index in [1.54, 1.807) is 0 Å². The fraction of sp³-hybridized carbons (Fsp3) is 1.00. The highest BCUT2D eigenvalue weighted by atomic mass is 14.9. The van der Waals surface area contributed by atoms with E-state index in [2.05, 4.69) is 55.4 Å². The van der Waals surface area contributed by atoms with Crippen LogP contribution in [0.25, 0.3) is 0 Å². The van der Waals surface area contributed by atoms with Crippen molar-refractivity contribution in [2.24, 2.45) is 33.5 Å². The lowest BCUT2D eigenvalue weighted by Gasteiger charge is -2.89. The summed E-state index contributed by atoms with van der Waals surface area (Å²) in [4.78, 5) is 0. The van der Waals surface area contributed by atoms with Gasteiger partial charge in [-0.25, -0.2) is 0 Å². The Morgan fingerprint density at radius 3 is 1.14 bits per heavy atom. The summed E-state index contributed by atoms with van der Waals surface area (Å²) in [6.07, 6.45) is 0. The molecule has 0 aliphatic heterocycles. The first kappa shape index (κ1) is 10.5. The third kappa shape index (κ3) is 0.558. The van der Waals surface area contributed by atoms with Crippen LogP contribution in [0.1, 0.15) is 55.4 Å². The maximum Gasteiger partial charge on any atom is -0.0159 e. The summed E-state index contributed by atoms with van der Waals surface area (Å²) in [5, 5.41) is 0. The van der Waals surface area contributed by atoms with E-state index in [-0.39, 0.29) is 0 Å². The van der Waals surface area contributed by atoms with Crippen molar-refractivity contribution in [2.45, 2.75) is 55.4 Å².